The summed E-state index contributed by atoms with van der Waals surface area (Å²) in [5, 5.41) is 1.90. The molecule has 0 spiro atoms. The SMILES string of the molecule is CCCCCc1cc(C(=O)OC(C)(C)C)cs1. The Hall–Kier alpha value is -0.830. The van der Waals surface area contributed by atoms with Crippen LogP contribution < -0.4 is 0 Å². The number of aryl methyl sites for hydroxylation is 1. The van der Waals surface area contributed by atoms with Crippen molar-refractivity contribution in [2.24, 2.45) is 0 Å². The van der Waals surface area contributed by atoms with Crippen LogP contribution in [0.2, 0.25) is 0 Å². The molecule has 0 aliphatic carbocycles. The highest BCUT2D eigenvalue weighted by Crippen LogP contribution is 2.20. The van der Waals surface area contributed by atoms with Gasteiger partial charge in [-0.2, -0.15) is 0 Å². The van der Waals surface area contributed by atoms with Gasteiger partial charge in [-0.15, -0.1) is 11.3 Å². The van der Waals surface area contributed by atoms with Gasteiger partial charge in [0.15, 0.2) is 0 Å². The van der Waals surface area contributed by atoms with E-state index < -0.39 is 5.60 Å². The average Bonchev–Trinajstić information content (AvgIpc) is 2.64. The predicted octanol–water partition coefficient (Wildman–Crippen LogP) is 4.44. The summed E-state index contributed by atoms with van der Waals surface area (Å²) in [5.41, 5.74) is 0.276. The number of thiophene rings is 1. The van der Waals surface area contributed by atoms with Gasteiger partial charge in [-0.25, -0.2) is 4.79 Å². The van der Waals surface area contributed by atoms with Crippen molar-refractivity contribution in [1.29, 1.82) is 0 Å². The molecule has 0 N–H and O–H groups in total. The highest BCUT2D eigenvalue weighted by molar-refractivity contribution is 7.10. The number of carbonyl (C=O) groups is 1. The van der Waals surface area contributed by atoms with E-state index in [1.165, 1.54) is 24.1 Å². The quantitative estimate of drug-likeness (QED) is 0.573. The molecule has 2 nitrogen and oxygen atoms in total. The van der Waals surface area contributed by atoms with E-state index in [0.717, 1.165) is 6.42 Å². The number of ether oxygens (including phenoxy) is 1. The van der Waals surface area contributed by atoms with E-state index in [9.17, 15) is 4.79 Å². The minimum Gasteiger partial charge on any atom is -0.456 e. The fourth-order valence-corrected chi connectivity index (χ4v) is 2.40. The molecule has 0 unspecified atom stereocenters. The first-order valence-corrected chi connectivity index (χ1v) is 7.11. The lowest BCUT2D eigenvalue weighted by Gasteiger charge is -2.18. The van der Waals surface area contributed by atoms with Gasteiger partial charge < -0.3 is 4.74 Å². The zero-order valence-electron chi connectivity index (χ0n) is 11.2. The number of esters is 1. The van der Waals surface area contributed by atoms with E-state index in [4.69, 9.17) is 4.74 Å². The van der Waals surface area contributed by atoms with Crippen molar-refractivity contribution < 1.29 is 9.53 Å². The Balaban J connectivity index is 2.52. The first-order chi connectivity index (χ1) is 7.92. The molecule has 0 bridgehead atoms. The van der Waals surface area contributed by atoms with Crippen molar-refractivity contribution >= 4 is 17.3 Å². The highest BCUT2D eigenvalue weighted by atomic mass is 32.1. The summed E-state index contributed by atoms with van der Waals surface area (Å²) in [7, 11) is 0. The highest BCUT2D eigenvalue weighted by Gasteiger charge is 2.18. The van der Waals surface area contributed by atoms with Crippen molar-refractivity contribution in [3.8, 4) is 0 Å². The topological polar surface area (TPSA) is 26.3 Å². The molecule has 0 amide bonds. The summed E-state index contributed by atoms with van der Waals surface area (Å²) in [5.74, 6) is -0.213. The van der Waals surface area contributed by atoms with Crippen molar-refractivity contribution in [2.75, 3.05) is 0 Å². The lowest BCUT2D eigenvalue weighted by atomic mass is 10.1. The van der Waals surface area contributed by atoms with Crippen LogP contribution >= 0.6 is 11.3 Å². The lowest BCUT2D eigenvalue weighted by Crippen LogP contribution is -2.23. The van der Waals surface area contributed by atoms with E-state index in [0.29, 0.717) is 5.56 Å². The van der Waals surface area contributed by atoms with E-state index in [1.807, 2.05) is 32.2 Å². The fourth-order valence-electron chi connectivity index (χ4n) is 1.51. The zero-order valence-corrected chi connectivity index (χ0v) is 12.0. The van der Waals surface area contributed by atoms with E-state index in [2.05, 4.69) is 6.92 Å². The molecule has 0 aliphatic rings. The lowest BCUT2D eigenvalue weighted by molar-refractivity contribution is 0.00701. The molecule has 96 valence electrons. The van der Waals surface area contributed by atoms with Gasteiger partial charge in [0, 0.05) is 10.3 Å². The van der Waals surface area contributed by atoms with Crippen LogP contribution in [0.4, 0.5) is 0 Å². The van der Waals surface area contributed by atoms with Gasteiger partial charge in [-0.1, -0.05) is 19.8 Å². The smallest absolute Gasteiger partial charge is 0.339 e. The van der Waals surface area contributed by atoms with Crippen LogP contribution in [0.5, 0.6) is 0 Å². The molecule has 0 radical (unpaired) electrons. The summed E-state index contributed by atoms with van der Waals surface area (Å²) < 4.78 is 5.33. The largest absolute Gasteiger partial charge is 0.456 e. The van der Waals surface area contributed by atoms with Gasteiger partial charge in [0.25, 0.3) is 0 Å². The standard InChI is InChI=1S/C14H22O2S/c1-5-6-7-8-12-9-11(10-17-12)13(15)16-14(2,3)4/h9-10H,5-8H2,1-4H3. The minimum absolute atomic E-state index is 0.213. The van der Waals surface area contributed by atoms with Crippen molar-refractivity contribution in [3.63, 3.8) is 0 Å². The molecule has 0 aromatic carbocycles. The molecule has 3 heteroatoms. The zero-order chi connectivity index (χ0) is 12.9. The number of carbonyl (C=O) groups excluding carboxylic acids is 1. The molecule has 0 atom stereocenters. The second-order valence-corrected chi connectivity index (χ2v) is 6.26. The molecule has 0 saturated carbocycles. The van der Waals surface area contributed by atoms with Gasteiger partial charge in [0.1, 0.15) is 5.60 Å². The van der Waals surface area contributed by atoms with Crippen LogP contribution in [0.1, 0.15) is 62.2 Å². The molecule has 1 aromatic rings. The third-order valence-corrected chi connectivity index (χ3v) is 3.31. The summed E-state index contributed by atoms with van der Waals surface area (Å²) in [6, 6.07) is 1.97. The molecule has 1 aromatic heterocycles. The summed E-state index contributed by atoms with van der Waals surface area (Å²) >= 11 is 1.65. The van der Waals surface area contributed by atoms with E-state index in [1.54, 1.807) is 11.3 Å². The van der Waals surface area contributed by atoms with Gasteiger partial charge in [0.2, 0.25) is 0 Å². The number of hydrogen-bond acceptors (Lipinski definition) is 3. The summed E-state index contributed by atoms with van der Waals surface area (Å²) in [6.45, 7) is 7.86. The molecule has 0 saturated heterocycles. The molecular formula is C14H22O2S. The second kappa shape index (κ2) is 6.20. The first kappa shape index (κ1) is 14.2. The van der Waals surface area contributed by atoms with Gasteiger partial charge in [-0.3, -0.25) is 0 Å². The maximum atomic E-state index is 11.8. The van der Waals surface area contributed by atoms with Crippen LogP contribution in [-0.4, -0.2) is 11.6 Å². The Morgan fingerprint density at radius 1 is 1.35 bits per heavy atom. The Morgan fingerprint density at radius 3 is 2.65 bits per heavy atom. The van der Waals surface area contributed by atoms with Crippen molar-refractivity contribution in [3.05, 3.63) is 21.9 Å². The maximum Gasteiger partial charge on any atom is 0.339 e. The fraction of sp³-hybridized carbons (Fsp3) is 0.643. The second-order valence-electron chi connectivity index (χ2n) is 5.26. The third-order valence-electron chi connectivity index (χ3n) is 2.32. The number of unbranched alkanes of at least 4 members (excludes halogenated alkanes) is 2. The Morgan fingerprint density at radius 2 is 2.06 bits per heavy atom. The number of hydrogen-bond donors (Lipinski definition) is 0. The van der Waals surface area contributed by atoms with Crippen LogP contribution in [0.15, 0.2) is 11.4 Å². The molecule has 1 rings (SSSR count). The molecule has 1 heterocycles. The van der Waals surface area contributed by atoms with Crippen LogP contribution in [0, 0.1) is 0 Å². The van der Waals surface area contributed by atoms with Crippen LogP contribution in [0.3, 0.4) is 0 Å². The average molecular weight is 254 g/mol. The predicted molar refractivity (Wildman–Crippen MR) is 72.7 cm³/mol. The van der Waals surface area contributed by atoms with E-state index >= 15 is 0 Å². The normalized spacial score (nSPS) is 11.5. The third kappa shape index (κ3) is 5.35. The first-order valence-electron chi connectivity index (χ1n) is 6.23. The molecule has 0 aliphatic heterocycles. The van der Waals surface area contributed by atoms with Crippen molar-refractivity contribution in [2.45, 2.75) is 59.0 Å². The maximum absolute atomic E-state index is 11.8. The minimum atomic E-state index is -0.415. The van der Waals surface area contributed by atoms with Crippen molar-refractivity contribution in [1.82, 2.24) is 0 Å². The van der Waals surface area contributed by atoms with Crippen LogP contribution in [-0.2, 0) is 11.2 Å². The van der Waals surface area contributed by atoms with Crippen LogP contribution in [0.25, 0.3) is 0 Å². The molecule has 0 fully saturated rings. The summed E-state index contributed by atoms with van der Waals surface area (Å²) in [4.78, 5) is 13.1. The summed E-state index contributed by atoms with van der Waals surface area (Å²) in [6.07, 6.45) is 4.75. The monoisotopic (exact) mass is 254 g/mol. The molecular weight excluding hydrogens is 232 g/mol. The van der Waals surface area contributed by atoms with Gasteiger partial charge in [-0.05, 0) is 39.7 Å². The Kier molecular flexibility index (Phi) is 5.19. The Labute approximate surface area is 108 Å². The Bertz CT molecular complexity index is 361. The van der Waals surface area contributed by atoms with Gasteiger partial charge in [0.05, 0.1) is 5.56 Å². The molecule has 17 heavy (non-hydrogen) atoms. The van der Waals surface area contributed by atoms with Gasteiger partial charge >= 0.3 is 5.97 Å². The van der Waals surface area contributed by atoms with E-state index in [-0.39, 0.29) is 5.97 Å². The number of rotatable bonds is 5.